The first-order chi connectivity index (χ1) is 14.2. The number of carbonyl (C=O) groups is 1. The van der Waals surface area contributed by atoms with Crippen LogP contribution in [0.4, 0.5) is 14.5 Å². The molecule has 2 aromatic carbocycles. The van der Waals surface area contributed by atoms with E-state index in [1.807, 2.05) is 6.92 Å². The highest BCUT2D eigenvalue weighted by molar-refractivity contribution is 7.91. The lowest BCUT2D eigenvalue weighted by molar-refractivity contribution is 0.103. The SMILES string of the molecule is Cc1ccc(S(=O)(=O)c2cnc3[nH]cc(C(=O)c4c(F)ccc(N)c4F)c3c2)cc1. The first-order valence-corrected chi connectivity index (χ1v) is 10.3. The zero-order chi connectivity index (χ0) is 21.6. The smallest absolute Gasteiger partial charge is 0.208 e. The van der Waals surface area contributed by atoms with E-state index >= 15 is 0 Å². The number of halogens is 2. The molecule has 2 heterocycles. The summed E-state index contributed by atoms with van der Waals surface area (Å²) in [6.45, 7) is 1.83. The average molecular weight is 427 g/mol. The fourth-order valence-corrected chi connectivity index (χ4v) is 4.31. The van der Waals surface area contributed by atoms with Crippen molar-refractivity contribution < 1.29 is 22.0 Å². The first-order valence-electron chi connectivity index (χ1n) is 8.77. The van der Waals surface area contributed by atoms with Gasteiger partial charge in [0.25, 0.3) is 0 Å². The van der Waals surface area contributed by atoms with Crippen LogP contribution in [0.2, 0.25) is 0 Å². The van der Waals surface area contributed by atoms with Crippen molar-refractivity contribution in [2.24, 2.45) is 0 Å². The molecule has 4 aromatic rings. The predicted molar refractivity (Wildman–Crippen MR) is 107 cm³/mol. The van der Waals surface area contributed by atoms with Crippen molar-refractivity contribution in [3.63, 3.8) is 0 Å². The fraction of sp³-hybridized carbons (Fsp3) is 0.0476. The summed E-state index contributed by atoms with van der Waals surface area (Å²) >= 11 is 0. The Morgan fingerprint density at radius 1 is 1.07 bits per heavy atom. The van der Waals surface area contributed by atoms with Crippen molar-refractivity contribution in [1.29, 1.82) is 0 Å². The van der Waals surface area contributed by atoms with Crippen LogP contribution in [0.1, 0.15) is 21.5 Å². The number of sulfone groups is 1. The molecule has 0 amide bonds. The van der Waals surface area contributed by atoms with Gasteiger partial charge in [0.15, 0.2) is 5.82 Å². The molecule has 152 valence electrons. The number of nitrogens with two attached hydrogens (primary N) is 1. The number of benzene rings is 2. The molecule has 3 N–H and O–H groups in total. The maximum Gasteiger partial charge on any atom is 0.208 e. The number of nitrogens with zero attached hydrogens (tertiary/aromatic N) is 1. The summed E-state index contributed by atoms with van der Waals surface area (Å²) in [5.41, 5.74) is 5.24. The minimum atomic E-state index is -3.91. The Morgan fingerprint density at radius 3 is 2.47 bits per heavy atom. The van der Waals surface area contributed by atoms with Crippen LogP contribution in [0, 0.1) is 18.6 Å². The average Bonchev–Trinajstić information content (AvgIpc) is 3.14. The monoisotopic (exact) mass is 427 g/mol. The number of H-pyrrole nitrogens is 1. The van der Waals surface area contributed by atoms with Gasteiger partial charge in [0.05, 0.1) is 21.0 Å². The molecule has 0 bridgehead atoms. The number of hydrogen-bond donors (Lipinski definition) is 2. The van der Waals surface area contributed by atoms with E-state index in [4.69, 9.17) is 5.73 Å². The van der Waals surface area contributed by atoms with E-state index in [2.05, 4.69) is 9.97 Å². The molecular formula is C21H15F2N3O3S. The summed E-state index contributed by atoms with van der Waals surface area (Å²) in [6.07, 6.45) is 2.38. The lowest BCUT2D eigenvalue weighted by Gasteiger charge is -2.07. The Kier molecular flexibility index (Phi) is 4.62. The van der Waals surface area contributed by atoms with Crippen LogP contribution in [-0.4, -0.2) is 24.2 Å². The van der Waals surface area contributed by atoms with Crippen LogP contribution in [0.15, 0.2) is 64.6 Å². The summed E-state index contributed by atoms with van der Waals surface area (Å²) < 4.78 is 54.4. The van der Waals surface area contributed by atoms with E-state index in [-0.39, 0.29) is 32.1 Å². The highest BCUT2D eigenvalue weighted by Gasteiger charge is 2.25. The van der Waals surface area contributed by atoms with Crippen LogP contribution < -0.4 is 5.73 Å². The minimum absolute atomic E-state index is 0.0607. The maximum absolute atomic E-state index is 14.3. The summed E-state index contributed by atoms with van der Waals surface area (Å²) in [5.74, 6) is -3.22. The molecule has 0 aliphatic carbocycles. The van der Waals surface area contributed by atoms with E-state index in [0.29, 0.717) is 0 Å². The molecule has 4 rings (SSSR count). The molecule has 0 aliphatic heterocycles. The number of anilines is 1. The molecule has 0 unspecified atom stereocenters. The van der Waals surface area contributed by atoms with Crippen molar-refractivity contribution in [2.45, 2.75) is 16.7 Å². The summed E-state index contributed by atoms with van der Waals surface area (Å²) in [6, 6.07) is 9.43. The quantitative estimate of drug-likeness (QED) is 0.381. The Labute approximate surface area is 170 Å². The summed E-state index contributed by atoms with van der Waals surface area (Å²) in [4.78, 5) is 19.5. The third-order valence-corrected chi connectivity index (χ3v) is 6.48. The molecule has 0 saturated heterocycles. The second-order valence-electron chi connectivity index (χ2n) is 6.74. The predicted octanol–water partition coefficient (Wildman–Crippen LogP) is 3.80. The molecule has 0 spiro atoms. The Morgan fingerprint density at radius 2 is 1.77 bits per heavy atom. The van der Waals surface area contributed by atoms with E-state index in [1.54, 1.807) is 12.1 Å². The number of nitrogen functional groups attached to an aromatic ring is 1. The lowest BCUT2D eigenvalue weighted by atomic mass is 10.0. The van der Waals surface area contributed by atoms with Gasteiger partial charge in [-0.05, 0) is 37.3 Å². The number of aromatic amines is 1. The number of aryl methyl sites for hydroxylation is 1. The van der Waals surface area contributed by atoms with Crippen molar-refractivity contribution in [2.75, 3.05) is 5.73 Å². The fourth-order valence-electron chi connectivity index (χ4n) is 3.08. The van der Waals surface area contributed by atoms with Gasteiger partial charge in [0.1, 0.15) is 11.5 Å². The lowest BCUT2D eigenvalue weighted by Crippen LogP contribution is -2.09. The highest BCUT2D eigenvalue weighted by atomic mass is 32.2. The first kappa shape index (κ1) is 19.7. The number of hydrogen-bond acceptors (Lipinski definition) is 5. The third kappa shape index (κ3) is 3.13. The molecule has 0 saturated carbocycles. The van der Waals surface area contributed by atoms with E-state index in [9.17, 15) is 22.0 Å². The Balaban J connectivity index is 1.86. The molecule has 2 aromatic heterocycles. The topological polar surface area (TPSA) is 106 Å². The number of carbonyl (C=O) groups excluding carboxylic acids is 1. The van der Waals surface area contributed by atoms with Crippen LogP contribution in [-0.2, 0) is 9.84 Å². The number of pyridine rings is 1. The van der Waals surface area contributed by atoms with E-state index in [1.165, 1.54) is 24.4 Å². The van der Waals surface area contributed by atoms with Gasteiger partial charge in [-0.2, -0.15) is 0 Å². The van der Waals surface area contributed by atoms with E-state index < -0.39 is 32.8 Å². The number of fused-ring (bicyclic) bond motifs is 1. The van der Waals surface area contributed by atoms with Gasteiger partial charge in [-0.25, -0.2) is 22.2 Å². The highest BCUT2D eigenvalue weighted by Crippen LogP contribution is 2.28. The van der Waals surface area contributed by atoms with Gasteiger partial charge in [-0.3, -0.25) is 4.79 Å². The third-order valence-electron chi connectivity index (χ3n) is 4.74. The zero-order valence-corrected chi connectivity index (χ0v) is 16.4. The van der Waals surface area contributed by atoms with Crippen molar-refractivity contribution in [3.8, 4) is 0 Å². The molecule has 9 heteroatoms. The molecule has 0 atom stereocenters. The van der Waals surface area contributed by atoms with Gasteiger partial charge in [0.2, 0.25) is 15.6 Å². The largest absolute Gasteiger partial charge is 0.396 e. The second-order valence-corrected chi connectivity index (χ2v) is 8.69. The maximum atomic E-state index is 14.3. The molecule has 0 aliphatic rings. The van der Waals surface area contributed by atoms with Crippen molar-refractivity contribution in [1.82, 2.24) is 9.97 Å². The van der Waals surface area contributed by atoms with Crippen LogP contribution in [0.25, 0.3) is 11.0 Å². The Hall–Kier alpha value is -3.59. The molecule has 30 heavy (non-hydrogen) atoms. The van der Waals surface area contributed by atoms with Gasteiger partial charge >= 0.3 is 0 Å². The summed E-state index contributed by atoms with van der Waals surface area (Å²) in [5, 5.41) is 0.120. The van der Waals surface area contributed by atoms with Gasteiger partial charge in [-0.1, -0.05) is 17.7 Å². The summed E-state index contributed by atoms with van der Waals surface area (Å²) in [7, 11) is -3.91. The minimum Gasteiger partial charge on any atom is -0.396 e. The van der Waals surface area contributed by atoms with Crippen LogP contribution >= 0.6 is 0 Å². The molecular weight excluding hydrogens is 412 g/mol. The second kappa shape index (κ2) is 7.03. The standard InChI is InChI=1S/C21H15F2N3O3S/c1-11-2-4-12(5-3-11)30(28,29)13-8-14-15(10-26-21(14)25-9-13)20(27)18-16(22)6-7-17(24)19(18)23/h2-10H,24H2,1H3,(H,25,26). The molecule has 0 radical (unpaired) electrons. The van der Waals surface area contributed by atoms with Crippen LogP contribution in [0.5, 0.6) is 0 Å². The van der Waals surface area contributed by atoms with Crippen LogP contribution in [0.3, 0.4) is 0 Å². The van der Waals surface area contributed by atoms with E-state index in [0.717, 1.165) is 23.9 Å². The van der Waals surface area contributed by atoms with Gasteiger partial charge < -0.3 is 10.7 Å². The number of nitrogens with one attached hydrogen (secondary N) is 1. The number of rotatable bonds is 4. The van der Waals surface area contributed by atoms with Gasteiger partial charge in [0, 0.05) is 23.3 Å². The zero-order valence-electron chi connectivity index (χ0n) is 15.6. The van der Waals surface area contributed by atoms with Crippen molar-refractivity contribution in [3.05, 3.63) is 83.2 Å². The molecule has 0 fully saturated rings. The Bertz CT molecular complexity index is 1410. The normalized spacial score (nSPS) is 11.7. The number of ketones is 1. The molecule has 6 nitrogen and oxygen atoms in total. The van der Waals surface area contributed by atoms with Gasteiger partial charge in [-0.15, -0.1) is 0 Å². The number of aromatic nitrogens is 2. The van der Waals surface area contributed by atoms with Crippen molar-refractivity contribution >= 4 is 32.3 Å².